The average molecular weight is 396 g/mol. The van der Waals surface area contributed by atoms with Crippen molar-refractivity contribution in [2.24, 2.45) is 5.10 Å². The minimum Gasteiger partial charge on any atom is -0.546 e. The van der Waals surface area contributed by atoms with E-state index in [1.807, 2.05) is 0 Å². The van der Waals surface area contributed by atoms with Crippen LogP contribution in [-0.2, 0) is 11.0 Å². The van der Waals surface area contributed by atoms with Crippen LogP contribution in [0.25, 0.3) is 0 Å². The topological polar surface area (TPSA) is 85.8 Å². The zero-order valence-corrected chi connectivity index (χ0v) is 14.4. The SMILES string of the molecule is O=C([O-])COc1ccc(/C=N\NC(=S)Nc2cccc(C(F)(F)F)c2)cc1. The van der Waals surface area contributed by atoms with Gasteiger partial charge in [0, 0.05) is 5.69 Å². The number of carboxylic acids is 1. The van der Waals surface area contributed by atoms with Gasteiger partial charge in [-0.3, -0.25) is 5.43 Å². The van der Waals surface area contributed by atoms with Gasteiger partial charge in [-0.15, -0.1) is 0 Å². The third-order valence-corrected chi connectivity index (χ3v) is 3.26. The van der Waals surface area contributed by atoms with Crippen molar-refractivity contribution < 1.29 is 27.8 Å². The van der Waals surface area contributed by atoms with E-state index < -0.39 is 24.3 Å². The molecule has 0 saturated carbocycles. The van der Waals surface area contributed by atoms with E-state index in [1.54, 1.807) is 24.3 Å². The Morgan fingerprint density at radius 3 is 2.56 bits per heavy atom. The molecule has 0 amide bonds. The van der Waals surface area contributed by atoms with Crippen molar-refractivity contribution in [2.45, 2.75) is 6.18 Å². The molecule has 0 bridgehead atoms. The largest absolute Gasteiger partial charge is 0.546 e. The first kappa shape index (κ1) is 20.2. The number of rotatable bonds is 6. The number of anilines is 1. The van der Waals surface area contributed by atoms with Crippen LogP contribution >= 0.6 is 12.2 Å². The molecule has 2 N–H and O–H groups in total. The molecule has 0 aliphatic carbocycles. The van der Waals surface area contributed by atoms with E-state index >= 15 is 0 Å². The van der Waals surface area contributed by atoms with E-state index in [2.05, 4.69) is 15.8 Å². The molecule has 2 rings (SSSR count). The van der Waals surface area contributed by atoms with E-state index in [1.165, 1.54) is 18.3 Å². The molecule has 0 radical (unpaired) electrons. The third-order valence-electron chi connectivity index (χ3n) is 3.06. The number of hydrogen-bond donors (Lipinski definition) is 2. The fourth-order valence-corrected chi connectivity index (χ4v) is 2.06. The van der Waals surface area contributed by atoms with Gasteiger partial charge in [-0.05, 0) is 60.2 Å². The van der Waals surface area contributed by atoms with Crippen LogP contribution in [0.1, 0.15) is 11.1 Å². The van der Waals surface area contributed by atoms with Crippen molar-refractivity contribution in [1.82, 2.24) is 5.43 Å². The zero-order valence-electron chi connectivity index (χ0n) is 13.6. The second-order valence-electron chi connectivity index (χ2n) is 5.13. The first-order valence-corrected chi connectivity index (χ1v) is 7.85. The van der Waals surface area contributed by atoms with Crippen LogP contribution in [0.3, 0.4) is 0 Å². The van der Waals surface area contributed by atoms with Crippen LogP contribution in [0, 0.1) is 0 Å². The monoisotopic (exact) mass is 396 g/mol. The standard InChI is InChI=1S/C17H14F3N3O3S/c18-17(19,20)12-2-1-3-13(8-12)22-16(27)23-21-9-11-4-6-14(7-5-11)26-10-15(24)25/h1-9H,10H2,(H,24,25)(H2,22,23,27)/p-1/b21-9-. The Balaban J connectivity index is 1.87. The number of aliphatic carboxylic acids is 1. The smallest absolute Gasteiger partial charge is 0.416 e. The molecule has 0 atom stereocenters. The highest BCUT2D eigenvalue weighted by Crippen LogP contribution is 2.30. The van der Waals surface area contributed by atoms with Crippen LogP contribution < -0.4 is 20.6 Å². The number of ether oxygens (including phenoxy) is 1. The summed E-state index contributed by atoms with van der Waals surface area (Å²) in [5.74, 6) is -0.974. The van der Waals surface area contributed by atoms with Gasteiger partial charge in [0.05, 0.1) is 17.7 Å². The molecule has 0 spiro atoms. The van der Waals surface area contributed by atoms with E-state index in [0.717, 1.165) is 12.1 Å². The predicted molar refractivity (Wildman–Crippen MR) is 95.3 cm³/mol. The molecule has 2 aromatic carbocycles. The second-order valence-corrected chi connectivity index (χ2v) is 5.54. The summed E-state index contributed by atoms with van der Waals surface area (Å²) in [5.41, 5.74) is 2.52. The van der Waals surface area contributed by atoms with Crippen molar-refractivity contribution in [3.05, 3.63) is 59.7 Å². The Hall–Kier alpha value is -3.14. The number of benzene rings is 2. The molecule has 0 fully saturated rings. The number of halogens is 3. The summed E-state index contributed by atoms with van der Waals surface area (Å²) in [5, 5.41) is 16.8. The Morgan fingerprint density at radius 2 is 1.93 bits per heavy atom. The Labute approximate surface area is 157 Å². The second kappa shape index (κ2) is 8.99. The van der Waals surface area contributed by atoms with E-state index in [-0.39, 0.29) is 10.8 Å². The van der Waals surface area contributed by atoms with Crippen LogP contribution in [0.2, 0.25) is 0 Å². The first-order valence-electron chi connectivity index (χ1n) is 7.44. The number of hydrazone groups is 1. The average Bonchev–Trinajstić information content (AvgIpc) is 2.60. The predicted octanol–water partition coefficient (Wildman–Crippen LogP) is 2.15. The molecule has 0 heterocycles. The van der Waals surface area contributed by atoms with Gasteiger partial charge in [0.15, 0.2) is 5.11 Å². The lowest BCUT2D eigenvalue weighted by Gasteiger charge is -2.10. The molecule has 0 aromatic heterocycles. The molecule has 27 heavy (non-hydrogen) atoms. The number of nitrogens with one attached hydrogen (secondary N) is 2. The minimum atomic E-state index is -4.44. The summed E-state index contributed by atoms with van der Waals surface area (Å²) in [6.07, 6.45) is -3.02. The van der Waals surface area contributed by atoms with Crippen LogP contribution in [-0.4, -0.2) is 23.9 Å². The Kier molecular flexibility index (Phi) is 6.72. The molecule has 0 aliphatic heterocycles. The zero-order chi connectivity index (χ0) is 19.9. The molecular formula is C17H13F3N3O3S-. The lowest BCUT2D eigenvalue weighted by atomic mass is 10.2. The van der Waals surface area contributed by atoms with Gasteiger partial charge in [0.2, 0.25) is 0 Å². The molecule has 0 aliphatic rings. The highest BCUT2D eigenvalue weighted by Gasteiger charge is 2.30. The normalized spacial score (nSPS) is 11.2. The molecule has 0 unspecified atom stereocenters. The number of carbonyl (C=O) groups is 1. The van der Waals surface area contributed by atoms with Crippen molar-refractivity contribution in [2.75, 3.05) is 11.9 Å². The molecule has 0 saturated heterocycles. The van der Waals surface area contributed by atoms with Crippen molar-refractivity contribution >= 4 is 35.2 Å². The lowest BCUT2D eigenvalue weighted by molar-refractivity contribution is -0.307. The third kappa shape index (κ3) is 6.94. The van der Waals surface area contributed by atoms with Crippen LogP contribution in [0.5, 0.6) is 5.75 Å². The Bertz CT molecular complexity index is 839. The van der Waals surface area contributed by atoms with Gasteiger partial charge in [0.25, 0.3) is 0 Å². The minimum absolute atomic E-state index is 0.0134. The van der Waals surface area contributed by atoms with Gasteiger partial charge in [-0.25, -0.2) is 0 Å². The molecule has 142 valence electrons. The lowest BCUT2D eigenvalue weighted by Crippen LogP contribution is -2.28. The number of carboxylic acid groups (broad SMARTS) is 1. The van der Waals surface area contributed by atoms with Crippen LogP contribution in [0.15, 0.2) is 53.6 Å². The van der Waals surface area contributed by atoms with Crippen molar-refractivity contribution in [3.8, 4) is 5.75 Å². The van der Waals surface area contributed by atoms with Gasteiger partial charge >= 0.3 is 6.18 Å². The summed E-state index contributed by atoms with van der Waals surface area (Å²) >= 11 is 4.97. The maximum absolute atomic E-state index is 12.7. The number of alkyl halides is 3. The molecule has 2 aromatic rings. The van der Waals surface area contributed by atoms with Crippen molar-refractivity contribution in [1.29, 1.82) is 0 Å². The number of nitrogens with zero attached hydrogens (tertiary/aromatic N) is 1. The van der Waals surface area contributed by atoms with Crippen molar-refractivity contribution in [3.63, 3.8) is 0 Å². The number of thiocarbonyl (C=S) groups is 1. The molecular weight excluding hydrogens is 383 g/mol. The number of hydrogen-bond acceptors (Lipinski definition) is 5. The summed E-state index contributed by atoms with van der Waals surface area (Å²) in [6.45, 7) is -0.551. The summed E-state index contributed by atoms with van der Waals surface area (Å²) < 4.78 is 42.9. The highest BCUT2D eigenvalue weighted by molar-refractivity contribution is 7.80. The Morgan fingerprint density at radius 1 is 1.22 bits per heavy atom. The van der Waals surface area contributed by atoms with E-state index in [0.29, 0.717) is 11.3 Å². The summed E-state index contributed by atoms with van der Waals surface area (Å²) in [7, 11) is 0. The van der Waals surface area contributed by atoms with Crippen LogP contribution in [0.4, 0.5) is 18.9 Å². The van der Waals surface area contributed by atoms with Gasteiger partial charge in [0.1, 0.15) is 12.4 Å². The summed E-state index contributed by atoms with van der Waals surface area (Å²) in [4.78, 5) is 10.3. The fraction of sp³-hybridized carbons (Fsp3) is 0.118. The van der Waals surface area contributed by atoms with Gasteiger partial charge in [-0.2, -0.15) is 18.3 Å². The molecule has 10 heteroatoms. The number of carbonyl (C=O) groups excluding carboxylic acids is 1. The summed E-state index contributed by atoms with van der Waals surface area (Å²) in [6, 6.07) is 10.9. The quantitative estimate of drug-likeness (QED) is 0.442. The van der Waals surface area contributed by atoms with E-state index in [9.17, 15) is 23.1 Å². The van der Waals surface area contributed by atoms with Gasteiger partial charge in [-0.1, -0.05) is 6.07 Å². The maximum Gasteiger partial charge on any atom is 0.416 e. The maximum atomic E-state index is 12.7. The first-order chi connectivity index (χ1) is 12.7. The fourth-order valence-electron chi connectivity index (χ4n) is 1.89. The highest BCUT2D eigenvalue weighted by atomic mass is 32.1. The molecule has 6 nitrogen and oxygen atoms in total. The van der Waals surface area contributed by atoms with Gasteiger partial charge < -0.3 is 20.0 Å². The van der Waals surface area contributed by atoms with E-state index in [4.69, 9.17) is 17.0 Å².